The summed E-state index contributed by atoms with van der Waals surface area (Å²) >= 11 is 1.61. The Morgan fingerprint density at radius 2 is 2.36 bits per heavy atom. The highest BCUT2D eigenvalue weighted by Crippen LogP contribution is 2.24. The maximum Gasteiger partial charge on any atom is 0.345 e. The van der Waals surface area contributed by atoms with Crippen molar-refractivity contribution in [1.29, 1.82) is 0 Å². The Labute approximate surface area is 84.2 Å². The molecule has 0 amide bonds. The quantitative estimate of drug-likeness (QED) is 0.820. The van der Waals surface area contributed by atoms with Crippen LogP contribution in [0.3, 0.4) is 0 Å². The Morgan fingerprint density at radius 1 is 1.50 bits per heavy atom. The first kappa shape index (κ1) is 8.96. The van der Waals surface area contributed by atoms with Gasteiger partial charge in [0.1, 0.15) is 5.75 Å². The summed E-state index contributed by atoms with van der Waals surface area (Å²) in [5.74, 6) is 1.30. The van der Waals surface area contributed by atoms with E-state index in [4.69, 9.17) is 4.74 Å². The van der Waals surface area contributed by atoms with Crippen LogP contribution in [0.1, 0.15) is 4.88 Å². The number of rotatable bonds is 2. The van der Waals surface area contributed by atoms with Crippen molar-refractivity contribution in [1.82, 2.24) is 9.97 Å². The molecule has 2 rings (SSSR count). The predicted molar refractivity (Wildman–Crippen MR) is 54.0 cm³/mol. The summed E-state index contributed by atoms with van der Waals surface area (Å²) in [5, 5.41) is 1.90. The number of nitrogens with zero attached hydrogens (tertiary/aromatic N) is 1. The van der Waals surface area contributed by atoms with E-state index in [1.807, 2.05) is 18.4 Å². The van der Waals surface area contributed by atoms with Crippen LogP contribution < -0.4 is 10.4 Å². The minimum atomic E-state index is -0.376. The minimum absolute atomic E-state index is 0.376. The molecule has 72 valence electrons. The van der Waals surface area contributed by atoms with E-state index in [0.29, 0.717) is 5.75 Å². The maximum atomic E-state index is 10.7. The van der Waals surface area contributed by atoms with Crippen LogP contribution in [-0.4, -0.2) is 9.97 Å². The average molecular weight is 208 g/mol. The summed E-state index contributed by atoms with van der Waals surface area (Å²) in [7, 11) is 0. The van der Waals surface area contributed by atoms with Crippen molar-refractivity contribution >= 4 is 11.3 Å². The number of hydrogen-bond donors (Lipinski definition) is 1. The number of thiophene rings is 1. The number of H-pyrrole nitrogens is 1. The van der Waals surface area contributed by atoms with Crippen molar-refractivity contribution in [2.24, 2.45) is 0 Å². The van der Waals surface area contributed by atoms with Gasteiger partial charge in [0.25, 0.3) is 0 Å². The number of nitrogens with one attached hydrogen (secondary N) is 1. The molecule has 0 spiro atoms. The van der Waals surface area contributed by atoms with Gasteiger partial charge in [0.05, 0.1) is 12.4 Å². The lowest BCUT2D eigenvalue weighted by Crippen LogP contribution is -2.07. The van der Waals surface area contributed by atoms with Crippen LogP contribution in [0.4, 0.5) is 0 Å². The monoisotopic (exact) mass is 208 g/mol. The lowest BCUT2D eigenvalue weighted by atomic mass is 10.5. The number of aryl methyl sites for hydroxylation is 1. The van der Waals surface area contributed by atoms with E-state index in [1.54, 1.807) is 11.3 Å². The lowest BCUT2D eigenvalue weighted by molar-refractivity contribution is 0.478. The zero-order valence-corrected chi connectivity index (χ0v) is 8.30. The van der Waals surface area contributed by atoms with Gasteiger partial charge in [-0.05, 0) is 13.0 Å². The van der Waals surface area contributed by atoms with E-state index >= 15 is 0 Å². The third-order valence-corrected chi connectivity index (χ3v) is 2.43. The molecule has 2 heterocycles. The number of aromatic amines is 1. The summed E-state index contributed by atoms with van der Waals surface area (Å²) in [6, 6.07) is 1.93. The van der Waals surface area contributed by atoms with Gasteiger partial charge in [-0.25, -0.2) is 4.79 Å². The molecule has 0 unspecified atom stereocenters. The van der Waals surface area contributed by atoms with Gasteiger partial charge in [-0.3, -0.25) is 0 Å². The average Bonchev–Trinajstić information content (AvgIpc) is 2.56. The molecular formula is C9H8N2O2S. The normalized spacial score (nSPS) is 10.1. The molecule has 0 saturated carbocycles. The molecule has 0 aliphatic heterocycles. The first-order chi connectivity index (χ1) is 6.74. The molecule has 1 N–H and O–H groups in total. The summed E-state index contributed by atoms with van der Waals surface area (Å²) in [6.07, 6.45) is 2.88. The lowest BCUT2D eigenvalue weighted by Gasteiger charge is -1.99. The van der Waals surface area contributed by atoms with Gasteiger partial charge in [-0.2, -0.15) is 4.98 Å². The van der Waals surface area contributed by atoms with E-state index < -0.39 is 0 Å². The van der Waals surface area contributed by atoms with Gasteiger partial charge in [0, 0.05) is 10.3 Å². The molecule has 2 aromatic heterocycles. The zero-order chi connectivity index (χ0) is 9.97. The highest BCUT2D eigenvalue weighted by Gasteiger charge is 1.99. The second-order valence-corrected chi connectivity index (χ2v) is 3.86. The highest BCUT2D eigenvalue weighted by atomic mass is 32.1. The van der Waals surface area contributed by atoms with Crippen molar-refractivity contribution in [3.63, 3.8) is 0 Å². The van der Waals surface area contributed by atoms with Crippen LogP contribution in [0, 0.1) is 6.92 Å². The van der Waals surface area contributed by atoms with Crippen molar-refractivity contribution in [2.75, 3.05) is 0 Å². The van der Waals surface area contributed by atoms with Crippen LogP contribution in [0.2, 0.25) is 0 Å². The summed E-state index contributed by atoms with van der Waals surface area (Å²) in [6.45, 7) is 2.00. The van der Waals surface area contributed by atoms with Crippen molar-refractivity contribution in [3.05, 3.63) is 39.2 Å². The first-order valence-electron chi connectivity index (χ1n) is 4.02. The van der Waals surface area contributed by atoms with Gasteiger partial charge in [-0.15, -0.1) is 11.3 Å². The van der Waals surface area contributed by atoms with Gasteiger partial charge >= 0.3 is 5.69 Å². The van der Waals surface area contributed by atoms with Gasteiger partial charge in [0.15, 0.2) is 5.75 Å². The molecule has 0 aromatic carbocycles. The minimum Gasteiger partial charge on any atom is -0.453 e. The Kier molecular flexibility index (Phi) is 2.32. The topological polar surface area (TPSA) is 55.0 Å². The molecule has 4 nitrogen and oxygen atoms in total. The second kappa shape index (κ2) is 3.63. The van der Waals surface area contributed by atoms with Crippen molar-refractivity contribution < 1.29 is 4.74 Å². The molecule has 0 aliphatic rings. The smallest absolute Gasteiger partial charge is 0.345 e. The van der Waals surface area contributed by atoms with Crippen molar-refractivity contribution in [2.45, 2.75) is 6.92 Å². The third-order valence-electron chi connectivity index (χ3n) is 1.59. The molecular weight excluding hydrogens is 200 g/mol. The maximum absolute atomic E-state index is 10.7. The Balaban J connectivity index is 2.19. The molecule has 0 fully saturated rings. The van der Waals surface area contributed by atoms with Gasteiger partial charge < -0.3 is 9.72 Å². The second-order valence-electron chi connectivity index (χ2n) is 2.75. The molecule has 0 atom stereocenters. The van der Waals surface area contributed by atoms with E-state index in [-0.39, 0.29) is 5.69 Å². The van der Waals surface area contributed by atoms with E-state index in [9.17, 15) is 4.79 Å². The molecule has 14 heavy (non-hydrogen) atoms. The van der Waals surface area contributed by atoms with E-state index in [1.165, 1.54) is 17.3 Å². The molecule has 0 radical (unpaired) electrons. The standard InChI is InChI=1S/C9H8N2O2S/c1-6-2-7(5-14-6)13-8-3-10-9(12)11-4-8/h2-5H,1H3,(H,10,11,12). The third kappa shape index (κ3) is 2.00. The molecule has 5 heteroatoms. The van der Waals surface area contributed by atoms with Crippen LogP contribution in [0.15, 0.2) is 28.6 Å². The Morgan fingerprint density at radius 3 is 2.93 bits per heavy atom. The van der Waals surface area contributed by atoms with Gasteiger partial charge in [-0.1, -0.05) is 0 Å². The number of aromatic nitrogens is 2. The number of hydrogen-bond acceptors (Lipinski definition) is 4. The Hall–Kier alpha value is -1.62. The van der Waals surface area contributed by atoms with E-state index in [2.05, 4.69) is 9.97 Å². The molecule has 0 bridgehead atoms. The van der Waals surface area contributed by atoms with Crippen molar-refractivity contribution in [3.8, 4) is 11.5 Å². The van der Waals surface area contributed by atoms with Crippen LogP contribution in [0.25, 0.3) is 0 Å². The largest absolute Gasteiger partial charge is 0.453 e. The molecule has 0 saturated heterocycles. The van der Waals surface area contributed by atoms with Crippen LogP contribution >= 0.6 is 11.3 Å². The fourth-order valence-electron chi connectivity index (χ4n) is 0.994. The summed E-state index contributed by atoms with van der Waals surface area (Å²) in [4.78, 5) is 17.8. The highest BCUT2D eigenvalue weighted by molar-refractivity contribution is 7.10. The predicted octanol–water partition coefficient (Wildman–Crippen LogP) is 1.93. The van der Waals surface area contributed by atoms with Gasteiger partial charge in [0.2, 0.25) is 0 Å². The Bertz CT molecular complexity index is 469. The number of ether oxygens (including phenoxy) is 1. The SMILES string of the molecule is Cc1cc(Oc2cnc(=O)[nH]c2)cs1. The van der Waals surface area contributed by atoms with E-state index in [0.717, 1.165) is 5.75 Å². The molecule has 0 aliphatic carbocycles. The fourth-order valence-corrected chi connectivity index (χ4v) is 1.60. The fraction of sp³-hybridized carbons (Fsp3) is 0.111. The summed E-state index contributed by atoms with van der Waals surface area (Å²) in [5.41, 5.74) is -0.376. The first-order valence-corrected chi connectivity index (χ1v) is 4.90. The molecule has 2 aromatic rings. The summed E-state index contributed by atoms with van der Waals surface area (Å²) < 4.78 is 5.43. The van der Waals surface area contributed by atoms with Crippen LogP contribution in [-0.2, 0) is 0 Å². The zero-order valence-electron chi connectivity index (χ0n) is 7.48. The van der Waals surface area contributed by atoms with Crippen LogP contribution in [0.5, 0.6) is 11.5 Å².